The van der Waals surface area contributed by atoms with Gasteiger partial charge in [-0.1, -0.05) is 40.2 Å². The number of hydrogen-bond donors (Lipinski definition) is 2. The van der Waals surface area contributed by atoms with E-state index in [0.717, 1.165) is 21.4 Å². The summed E-state index contributed by atoms with van der Waals surface area (Å²) in [5.41, 5.74) is 2.02. The summed E-state index contributed by atoms with van der Waals surface area (Å²) in [5.74, 6) is 0.812. The number of aliphatic hydroxyl groups is 1. The fourth-order valence-corrected chi connectivity index (χ4v) is 1.91. The third-order valence-corrected chi connectivity index (χ3v) is 2.96. The van der Waals surface area contributed by atoms with Gasteiger partial charge in [0.25, 0.3) is 0 Å². The topological polar surface area (TPSA) is 45.1 Å². The number of halogens is 1. The van der Waals surface area contributed by atoms with Gasteiger partial charge in [0.2, 0.25) is 0 Å². The maximum absolute atomic E-state index is 9.21. The lowest BCUT2D eigenvalue weighted by molar-refractivity contribution is 0.280. The van der Waals surface area contributed by atoms with Crippen LogP contribution >= 0.6 is 15.9 Å². The first-order chi connectivity index (χ1) is 8.29. The molecule has 88 valence electrons. The van der Waals surface area contributed by atoms with Crippen LogP contribution in [0.4, 0.5) is 5.82 Å². The average molecular weight is 293 g/mol. The summed E-state index contributed by atoms with van der Waals surface area (Å²) >= 11 is 3.40. The summed E-state index contributed by atoms with van der Waals surface area (Å²) in [6.45, 7) is 0.712. The van der Waals surface area contributed by atoms with Crippen molar-refractivity contribution in [2.75, 3.05) is 5.32 Å². The van der Waals surface area contributed by atoms with E-state index in [1.165, 1.54) is 0 Å². The molecular formula is C13H13BrN2O. The molecule has 0 saturated heterocycles. The molecule has 1 heterocycles. The van der Waals surface area contributed by atoms with Crippen molar-refractivity contribution < 1.29 is 5.11 Å². The molecule has 17 heavy (non-hydrogen) atoms. The van der Waals surface area contributed by atoms with E-state index in [4.69, 9.17) is 0 Å². The summed E-state index contributed by atoms with van der Waals surface area (Å²) in [7, 11) is 0. The lowest BCUT2D eigenvalue weighted by Gasteiger charge is -2.09. The normalized spacial score (nSPS) is 10.2. The second-order valence-corrected chi connectivity index (χ2v) is 4.56. The highest BCUT2D eigenvalue weighted by Gasteiger charge is 2.01. The Morgan fingerprint density at radius 3 is 2.65 bits per heavy atom. The molecule has 3 nitrogen and oxygen atoms in total. The van der Waals surface area contributed by atoms with Crippen molar-refractivity contribution in [3.63, 3.8) is 0 Å². The number of nitrogens with one attached hydrogen (secondary N) is 1. The number of hydrogen-bond acceptors (Lipinski definition) is 3. The molecule has 0 spiro atoms. The molecule has 2 N–H and O–H groups in total. The van der Waals surface area contributed by atoms with E-state index in [2.05, 4.69) is 26.2 Å². The van der Waals surface area contributed by atoms with Gasteiger partial charge in [0.05, 0.1) is 6.61 Å². The van der Waals surface area contributed by atoms with E-state index < -0.39 is 0 Å². The SMILES string of the molecule is OCc1ccccc1CNc1cc(Br)ccn1. The van der Waals surface area contributed by atoms with Crippen molar-refractivity contribution in [2.45, 2.75) is 13.2 Å². The lowest BCUT2D eigenvalue weighted by atomic mass is 10.1. The van der Waals surface area contributed by atoms with Crippen molar-refractivity contribution in [3.8, 4) is 0 Å². The van der Waals surface area contributed by atoms with Gasteiger partial charge in [-0.2, -0.15) is 0 Å². The Labute approximate surface area is 109 Å². The highest BCUT2D eigenvalue weighted by molar-refractivity contribution is 9.10. The molecule has 4 heteroatoms. The van der Waals surface area contributed by atoms with E-state index in [-0.39, 0.29) is 6.61 Å². The van der Waals surface area contributed by atoms with Gasteiger partial charge < -0.3 is 10.4 Å². The summed E-state index contributed by atoms with van der Waals surface area (Å²) < 4.78 is 0.991. The van der Waals surface area contributed by atoms with Crippen LogP contribution < -0.4 is 5.32 Å². The zero-order valence-corrected chi connectivity index (χ0v) is 10.8. The molecule has 1 aromatic carbocycles. The summed E-state index contributed by atoms with van der Waals surface area (Å²) in [6, 6.07) is 11.6. The second-order valence-electron chi connectivity index (χ2n) is 3.64. The Morgan fingerprint density at radius 2 is 1.94 bits per heavy atom. The van der Waals surface area contributed by atoms with Gasteiger partial charge in [-0.15, -0.1) is 0 Å². The predicted octanol–water partition coefficient (Wildman–Crippen LogP) is 2.95. The summed E-state index contributed by atoms with van der Waals surface area (Å²) in [6.07, 6.45) is 1.74. The Kier molecular flexibility index (Phi) is 4.12. The van der Waals surface area contributed by atoms with E-state index in [9.17, 15) is 5.11 Å². The molecule has 0 bridgehead atoms. The number of pyridine rings is 1. The highest BCUT2D eigenvalue weighted by atomic mass is 79.9. The molecule has 0 aliphatic carbocycles. The van der Waals surface area contributed by atoms with Crippen LogP contribution in [0.1, 0.15) is 11.1 Å². The molecule has 0 saturated carbocycles. The molecule has 1 aromatic heterocycles. The number of anilines is 1. The van der Waals surface area contributed by atoms with Crippen LogP contribution in [0.2, 0.25) is 0 Å². The lowest BCUT2D eigenvalue weighted by Crippen LogP contribution is -2.04. The van der Waals surface area contributed by atoms with Gasteiger partial charge in [0.1, 0.15) is 5.82 Å². The zero-order chi connectivity index (χ0) is 12.1. The van der Waals surface area contributed by atoms with Crippen LogP contribution in [0, 0.1) is 0 Å². The third kappa shape index (κ3) is 3.28. The largest absolute Gasteiger partial charge is 0.392 e. The predicted molar refractivity (Wildman–Crippen MR) is 71.6 cm³/mol. The standard InChI is InChI=1S/C13H13BrN2O/c14-12-5-6-15-13(7-12)16-8-10-3-1-2-4-11(10)9-17/h1-7,17H,8-9H2,(H,15,16). The Balaban J connectivity index is 2.07. The number of rotatable bonds is 4. The molecule has 0 radical (unpaired) electrons. The molecule has 2 aromatic rings. The van der Waals surface area contributed by atoms with Crippen molar-refractivity contribution >= 4 is 21.7 Å². The molecule has 0 unspecified atom stereocenters. The minimum Gasteiger partial charge on any atom is -0.392 e. The van der Waals surface area contributed by atoms with Crippen LogP contribution in [0.15, 0.2) is 47.1 Å². The van der Waals surface area contributed by atoms with Crippen molar-refractivity contribution in [3.05, 3.63) is 58.2 Å². The highest BCUT2D eigenvalue weighted by Crippen LogP contribution is 2.15. The van der Waals surface area contributed by atoms with Gasteiger partial charge in [-0.05, 0) is 23.3 Å². The summed E-state index contributed by atoms with van der Waals surface area (Å²) in [4.78, 5) is 4.21. The second kappa shape index (κ2) is 5.80. The molecule has 0 atom stereocenters. The molecule has 0 amide bonds. The van der Waals surface area contributed by atoms with E-state index in [1.807, 2.05) is 36.4 Å². The maximum Gasteiger partial charge on any atom is 0.127 e. The first-order valence-electron chi connectivity index (χ1n) is 5.32. The third-order valence-electron chi connectivity index (χ3n) is 2.47. The van der Waals surface area contributed by atoms with E-state index >= 15 is 0 Å². The van der Waals surface area contributed by atoms with Gasteiger partial charge in [-0.3, -0.25) is 0 Å². The maximum atomic E-state index is 9.21. The van der Waals surface area contributed by atoms with Crippen LogP contribution in [0.5, 0.6) is 0 Å². The number of nitrogens with zero attached hydrogens (tertiary/aromatic N) is 1. The van der Waals surface area contributed by atoms with E-state index in [1.54, 1.807) is 6.20 Å². The van der Waals surface area contributed by atoms with Gasteiger partial charge in [0, 0.05) is 17.2 Å². The smallest absolute Gasteiger partial charge is 0.127 e. The number of benzene rings is 1. The molecule has 0 fully saturated rings. The van der Waals surface area contributed by atoms with Crippen molar-refractivity contribution in [2.24, 2.45) is 0 Å². The fourth-order valence-electron chi connectivity index (χ4n) is 1.57. The quantitative estimate of drug-likeness (QED) is 0.911. The van der Waals surface area contributed by atoms with Crippen molar-refractivity contribution in [1.29, 1.82) is 0 Å². The van der Waals surface area contributed by atoms with Gasteiger partial charge in [0.15, 0.2) is 0 Å². The fraction of sp³-hybridized carbons (Fsp3) is 0.154. The van der Waals surface area contributed by atoms with Gasteiger partial charge >= 0.3 is 0 Å². The molecule has 2 rings (SSSR count). The minimum atomic E-state index is 0.0593. The molecular weight excluding hydrogens is 280 g/mol. The Hall–Kier alpha value is -1.39. The van der Waals surface area contributed by atoms with Gasteiger partial charge in [-0.25, -0.2) is 4.98 Å². The van der Waals surface area contributed by atoms with Crippen LogP contribution in [0.25, 0.3) is 0 Å². The minimum absolute atomic E-state index is 0.0593. The average Bonchev–Trinajstić information content (AvgIpc) is 2.37. The molecule has 0 aliphatic heterocycles. The van der Waals surface area contributed by atoms with E-state index in [0.29, 0.717) is 6.54 Å². The Morgan fingerprint density at radius 1 is 1.18 bits per heavy atom. The zero-order valence-electron chi connectivity index (χ0n) is 9.23. The monoisotopic (exact) mass is 292 g/mol. The van der Waals surface area contributed by atoms with Crippen LogP contribution in [-0.2, 0) is 13.2 Å². The number of aromatic nitrogens is 1. The first-order valence-corrected chi connectivity index (χ1v) is 6.12. The van der Waals surface area contributed by atoms with Crippen LogP contribution in [-0.4, -0.2) is 10.1 Å². The molecule has 0 aliphatic rings. The number of aliphatic hydroxyl groups excluding tert-OH is 1. The Bertz CT molecular complexity index is 502. The van der Waals surface area contributed by atoms with Crippen LogP contribution in [0.3, 0.4) is 0 Å². The van der Waals surface area contributed by atoms with Crippen molar-refractivity contribution in [1.82, 2.24) is 4.98 Å². The summed E-state index contributed by atoms with van der Waals surface area (Å²) in [5, 5.41) is 12.4. The first kappa shape index (κ1) is 12.1.